The van der Waals surface area contributed by atoms with Crippen molar-refractivity contribution >= 4 is 11.5 Å². The summed E-state index contributed by atoms with van der Waals surface area (Å²) in [5.74, 6) is 1.07. The van der Waals surface area contributed by atoms with Crippen LogP contribution < -0.4 is 10.9 Å². The molecule has 0 amide bonds. The van der Waals surface area contributed by atoms with E-state index in [1.54, 1.807) is 0 Å². The average Bonchev–Trinajstić information content (AvgIpc) is 3.10. The van der Waals surface area contributed by atoms with Crippen LogP contribution in [-0.2, 0) is 13.0 Å². The molecule has 6 heteroatoms. The molecular weight excluding hydrogens is 362 g/mol. The second-order valence-corrected chi connectivity index (χ2v) is 7.60. The summed E-state index contributed by atoms with van der Waals surface area (Å²) in [6, 6.07) is 14.4. The Balaban J connectivity index is 1.60. The lowest BCUT2D eigenvalue weighted by Crippen LogP contribution is -2.22. The number of hydrogen-bond donors (Lipinski definition) is 2. The Hall–Kier alpha value is -3.41. The molecule has 0 fully saturated rings. The van der Waals surface area contributed by atoms with E-state index in [0.717, 1.165) is 16.9 Å². The van der Waals surface area contributed by atoms with E-state index >= 15 is 0 Å². The van der Waals surface area contributed by atoms with Crippen LogP contribution in [0.15, 0.2) is 47.3 Å². The van der Waals surface area contributed by atoms with E-state index in [2.05, 4.69) is 77.6 Å². The second-order valence-electron chi connectivity index (χ2n) is 7.60. The van der Waals surface area contributed by atoms with Gasteiger partial charge in [0.05, 0.1) is 12.2 Å². The number of hydrogen-bond acceptors (Lipinski definition) is 4. The van der Waals surface area contributed by atoms with Crippen molar-refractivity contribution in [3.63, 3.8) is 0 Å². The lowest BCUT2D eigenvalue weighted by Gasteiger charge is -2.07. The van der Waals surface area contributed by atoms with Crippen LogP contribution in [0.3, 0.4) is 0 Å². The van der Waals surface area contributed by atoms with Gasteiger partial charge in [-0.15, -0.1) is 0 Å². The molecule has 0 unspecified atom stereocenters. The van der Waals surface area contributed by atoms with Crippen molar-refractivity contribution in [1.82, 2.24) is 19.6 Å². The smallest absolute Gasteiger partial charge is 0.277 e. The van der Waals surface area contributed by atoms with Crippen LogP contribution >= 0.6 is 0 Å². The normalized spacial score (nSPS) is 11.2. The largest absolute Gasteiger partial charge is 0.378 e. The lowest BCUT2D eigenvalue weighted by molar-refractivity contribution is 0.832. The molecule has 148 valence electrons. The lowest BCUT2D eigenvalue weighted by atomic mass is 10.0. The van der Waals surface area contributed by atoms with Crippen molar-refractivity contribution in [2.24, 2.45) is 0 Å². The molecule has 0 atom stereocenters. The zero-order valence-electron chi connectivity index (χ0n) is 17.2. The Kier molecular flexibility index (Phi) is 4.92. The summed E-state index contributed by atoms with van der Waals surface area (Å²) in [6.07, 6.45) is 0.552. The maximum Gasteiger partial charge on any atom is 0.277 e. The fourth-order valence-electron chi connectivity index (χ4n) is 3.33. The third-order valence-corrected chi connectivity index (χ3v) is 5.31. The molecule has 0 saturated carbocycles. The van der Waals surface area contributed by atoms with Crippen LogP contribution in [0.5, 0.6) is 0 Å². The molecule has 6 nitrogen and oxygen atoms in total. The predicted octanol–water partition coefficient (Wildman–Crippen LogP) is 3.85. The van der Waals surface area contributed by atoms with Gasteiger partial charge in [-0.3, -0.25) is 9.89 Å². The predicted molar refractivity (Wildman–Crippen MR) is 116 cm³/mol. The van der Waals surface area contributed by atoms with Gasteiger partial charge in [0.1, 0.15) is 5.82 Å². The van der Waals surface area contributed by atoms with E-state index in [1.165, 1.54) is 21.2 Å². The number of nitrogens with zero attached hydrogens (tertiary/aromatic N) is 3. The molecule has 0 bridgehead atoms. The van der Waals surface area contributed by atoms with E-state index in [-0.39, 0.29) is 5.56 Å². The van der Waals surface area contributed by atoms with Gasteiger partial charge in [-0.05, 0) is 56.5 Å². The zero-order valence-corrected chi connectivity index (χ0v) is 17.2. The standard InChI is InChI=1S/C23H25N5O/c1-14-5-8-18(9-6-14)12-20-17(4)25-23-26-21(27-28(23)22(20)29)13-24-19-10-7-15(2)16(3)11-19/h5-11,24H,12-13H2,1-4H3,(H,25,26,27). The molecule has 0 saturated heterocycles. The fraction of sp³-hybridized carbons (Fsp3) is 0.261. The Morgan fingerprint density at radius 2 is 1.72 bits per heavy atom. The SMILES string of the molecule is Cc1ccc(Cc2c(C)nc3nc(CNc4ccc(C)c(C)c4)[nH]n3c2=O)cc1. The Labute approximate surface area is 169 Å². The summed E-state index contributed by atoms with van der Waals surface area (Å²) < 4.78 is 1.44. The second kappa shape index (κ2) is 7.54. The van der Waals surface area contributed by atoms with E-state index in [1.807, 2.05) is 13.0 Å². The molecule has 4 rings (SSSR count). The molecule has 29 heavy (non-hydrogen) atoms. The van der Waals surface area contributed by atoms with Crippen molar-refractivity contribution in [2.45, 2.75) is 40.7 Å². The van der Waals surface area contributed by atoms with E-state index in [9.17, 15) is 4.79 Å². The monoisotopic (exact) mass is 387 g/mol. The number of fused-ring (bicyclic) bond motifs is 1. The summed E-state index contributed by atoms with van der Waals surface area (Å²) in [5.41, 5.74) is 7.10. The Morgan fingerprint density at radius 1 is 0.966 bits per heavy atom. The van der Waals surface area contributed by atoms with Crippen molar-refractivity contribution in [3.05, 3.63) is 92.2 Å². The van der Waals surface area contributed by atoms with Crippen LogP contribution in [0.25, 0.3) is 5.78 Å². The number of nitrogens with one attached hydrogen (secondary N) is 2. The zero-order chi connectivity index (χ0) is 20.5. The van der Waals surface area contributed by atoms with E-state index in [4.69, 9.17) is 0 Å². The highest BCUT2D eigenvalue weighted by Crippen LogP contribution is 2.15. The minimum atomic E-state index is -0.0991. The number of rotatable bonds is 5. The van der Waals surface area contributed by atoms with Crippen molar-refractivity contribution in [3.8, 4) is 0 Å². The van der Waals surface area contributed by atoms with Gasteiger partial charge in [0.15, 0.2) is 0 Å². The summed E-state index contributed by atoms with van der Waals surface area (Å²) in [7, 11) is 0. The van der Waals surface area contributed by atoms with Gasteiger partial charge >= 0.3 is 0 Å². The molecule has 0 radical (unpaired) electrons. The molecular formula is C23H25N5O. The van der Waals surface area contributed by atoms with Crippen molar-refractivity contribution in [2.75, 3.05) is 5.32 Å². The topological polar surface area (TPSA) is 75.1 Å². The Bertz CT molecular complexity index is 1230. The summed E-state index contributed by atoms with van der Waals surface area (Å²) >= 11 is 0. The first kappa shape index (κ1) is 18.9. The molecule has 0 aliphatic heterocycles. The van der Waals surface area contributed by atoms with Gasteiger partial charge in [0.2, 0.25) is 0 Å². The first-order chi connectivity index (χ1) is 13.9. The quantitative estimate of drug-likeness (QED) is 0.545. The molecule has 2 aromatic carbocycles. The maximum absolute atomic E-state index is 13.0. The van der Waals surface area contributed by atoms with Crippen LogP contribution in [0.4, 0.5) is 5.69 Å². The number of aryl methyl sites for hydroxylation is 4. The number of H-pyrrole nitrogens is 1. The number of aromatic nitrogens is 4. The van der Waals surface area contributed by atoms with Crippen LogP contribution in [-0.4, -0.2) is 19.6 Å². The van der Waals surface area contributed by atoms with Gasteiger partial charge in [0, 0.05) is 17.7 Å². The first-order valence-corrected chi connectivity index (χ1v) is 9.74. The number of benzene rings is 2. The summed E-state index contributed by atoms with van der Waals surface area (Å²) in [5, 5.41) is 6.44. The summed E-state index contributed by atoms with van der Waals surface area (Å²) in [6.45, 7) is 8.58. The molecule has 2 N–H and O–H groups in total. The van der Waals surface area contributed by atoms with Crippen molar-refractivity contribution in [1.29, 1.82) is 0 Å². The molecule has 0 spiro atoms. The minimum absolute atomic E-state index is 0.0991. The number of anilines is 1. The van der Waals surface area contributed by atoms with E-state index in [0.29, 0.717) is 30.1 Å². The molecule has 2 heterocycles. The van der Waals surface area contributed by atoms with Crippen LogP contribution in [0.1, 0.15) is 39.3 Å². The number of aromatic amines is 1. The van der Waals surface area contributed by atoms with Gasteiger partial charge in [0.25, 0.3) is 11.3 Å². The first-order valence-electron chi connectivity index (χ1n) is 9.74. The molecule has 2 aromatic heterocycles. The van der Waals surface area contributed by atoms with Gasteiger partial charge < -0.3 is 5.32 Å². The molecule has 0 aliphatic carbocycles. The van der Waals surface area contributed by atoms with Crippen LogP contribution in [0.2, 0.25) is 0 Å². The van der Waals surface area contributed by atoms with Crippen molar-refractivity contribution < 1.29 is 0 Å². The molecule has 4 aromatic rings. The average molecular weight is 387 g/mol. The fourth-order valence-corrected chi connectivity index (χ4v) is 3.33. The highest BCUT2D eigenvalue weighted by atomic mass is 16.1. The van der Waals surface area contributed by atoms with Gasteiger partial charge in [-0.2, -0.15) is 9.50 Å². The summed E-state index contributed by atoms with van der Waals surface area (Å²) in [4.78, 5) is 22.0. The van der Waals surface area contributed by atoms with Gasteiger partial charge in [-0.1, -0.05) is 35.9 Å². The molecule has 0 aliphatic rings. The third kappa shape index (κ3) is 3.92. The van der Waals surface area contributed by atoms with Gasteiger partial charge in [-0.25, -0.2) is 4.98 Å². The maximum atomic E-state index is 13.0. The third-order valence-electron chi connectivity index (χ3n) is 5.31. The minimum Gasteiger partial charge on any atom is -0.378 e. The Morgan fingerprint density at radius 3 is 2.45 bits per heavy atom. The van der Waals surface area contributed by atoms with Crippen LogP contribution in [0, 0.1) is 27.7 Å². The highest BCUT2D eigenvalue weighted by Gasteiger charge is 2.14. The highest BCUT2D eigenvalue weighted by molar-refractivity contribution is 5.48. The van der Waals surface area contributed by atoms with E-state index < -0.39 is 0 Å².